The third-order valence-corrected chi connectivity index (χ3v) is 2.71. The highest BCUT2D eigenvalue weighted by atomic mass is 16.5. The van der Waals surface area contributed by atoms with Gasteiger partial charge in [-0.15, -0.1) is 0 Å². The molecule has 0 saturated carbocycles. The molecule has 2 heterocycles. The second-order valence-corrected chi connectivity index (χ2v) is 4.05. The van der Waals surface area contributed by atoms with Crippen LogP contribution in [0.2, 0.25) is 0 Å². The highest BCUT2D eigenvalue weighted by Crippen LogP contribution is 2.18. The molecule has 102 valence electrons. The van der Waals surface area contributed by atoms with E-state index in [9.17, 15) is 0 Å². The Bertz CT molecular complexity index is 513. The largest absolute Gasteiger partial charge is 0.383 e. The molecule has 6 heteroatoms. The maximum Gasteiger partial charge on any atom is 0.240 e. The number of nitrogens with zero attached hydrogens (tertiary/aromatic N) is 3. The molecular weight excluding hydrogens is 244 g/mol. The molecule has 0 atom stereocenters. The summed E-state index contributed by atoms with van der Waals surface area (Å²) < 4.78 is 10.1. The third kappa shape index (κ3) is 3.59. The minimum atomic E-state index is 0.532. The summed E-state index contributed by atoms with van der Waals surface area (Å²) in [6.07, 6.45) is 2.63. The molecule has 0 aliphatic carbocycles. The highest BCUT2D eigenvalue weighted by Gasteiger charge is 2.12. The van der Waals surface area contributed by atoms with Gasteiger partial charge < -0.3 is 14.6 Å². The van der Waals surface area contributed by atoms with Crippen LogP contribution in [-0.4, -0.2) is 35.4 Å². The van der Waals surface area contributed by atoms with Gasteiger partial charge in [0.25, 0.3) is 0 Å². The summed E-state index contributed by atoms with van der Waals surface area (Å²) in [6, 6.07) is 3.94. The molecule has 0 aromatic carbocycles. The Kier molecular flexibility index (Phi) is 5.00. The minimum Gasteiger partial charge on any atom is -0.383 e. The van der Waals surface area contributed by atoms with Gasteiger partial charge in [-0.05, 0) is 18.1 Å². The molecule has 0 amide bonds. The lowest BCUT2D eigenvalue weighted by atomic mass is 10.1. The Labute approximate surface area is 112 Å². The topological polar surface area (TPSA) is 73.1 Å². The Balaban J connectivity index is 2.04. The molecule has 0 fully saturated rings. The van der Waals surface area contributed by atoms with Gasteiger partial charge >= 0.3 is 0 Å². The molecular formula is C13H18N4O2. The van der Waals surface area contributed by atoms with E-state index in [2.05, 4.69) is 27.4 Å². The van der Waals surface area contributed by atoms with Crippen molar-refractivity contribution in [1.82, 2.24) is 20.4 Å². The number of rotatable bonds is 7. The maximum absolute atomic E-state index is 5.19. The van der Waals surface area contributed by atoms with E-state index < -0.39 is 0 Å². The van der Waals surface area contributed by atoms with E-state index in [1.54, 1.807) is 13.3 Å². The molecule has 2 aromatic heterocycles. The van der Waals surface area contributed by atoms with Crippen LogP contribution in [0.25, 0.3) is 11.5 Å². The summed E-state index contributed by atoms with van der Waals surface area (Å²) in [6.45, 7) is 4.01. The summed E-state index contributed by atoms with van der Waals surface area (Å²) in [4.78, 5) is 8.66. The summed E-state index contributed by atoms with van der Waals surface area (Å²) >= 11 is 0. The fraction of sp³-hybridized carbons (Fsp3) is 0.462. The van der Waals surface area contributed by atoms with Crippen molar-refractivity contribution in [3.05, 3.63) is 29.8 Å². The van der Waals surface area contributed by atoms with Gasteiger partial charge in [0.2, 0.25) is 11.7 Å². The van der Waals surface area contributed by atoms with E-state index in [-0.39, 0.29) is 0 Å². The van der Waals surface area contributed by atoms with Gasteiger partial charge in [0, 0.05) is 19.9 Å². The van der Waals surface area contributed by atoms with Gasteiger partial charge in [-0.2, -0.15) is 4.98 Å². The first-order valence-corrected chi connectivity index (χ1v) is 6.31. The molecule has 1 N–H and O–H groups in total. The molecule has 0 unspecified atom stereocenters. The first kappa shape index (κ1) is 13.6. The Morgan fingerprint density at radius 1 is 1.42 bits per heavy atom. The van der Waals surface area contributed by atoms with Crippen LogP contribution in [0.15, 0.2) is 22.9 Å². The third-order valence-electron chi connectivity index (χ3n) is 2.71. The molecule has 0 aliphatic rings. The van der Waals surface area contributed by atoms with E-state index in [4.69, 9.17) is 9.26 Å². The van der Waals surface area contributed by atoms with Crippen LogP contribution in [0.5, 0.6) is 0 Å². The van der Waals surface area contributed by atoms with Gasteiger partial charge in [0.15, 0.2) is 0 Å². The van der Waals surface area contributed by atoms with E-state index >= 15 is 0 Å². The fourth-order valence-electron chi connectivity index (χ4n) is 1.72. The summed E-state index contributed by atoms with van der Waals surface area (Å²) in [5, 5.41) is 7.13. The molecule has 2 rings (SSSR count). The van der Waals surface area contributed by atoms with Crippen molar-refractivity contribution >= 4 is 0 Å². The lowest BCUT2D eigenvalue weighted by Crippen LogP contribution is -2.18. The quantitative estimate of drug-likeness (QED) is 0.761. The van der Waals surface area contributed by atoms with Crippen molar-refractivity contribution in [2.75, 3.05) is 20.3 Å². The zero-order valence-electron chi connectivity index (χ0n) is 11.2. The average molecular weight is 262 g/mol. The smallest absolute Gasteiger partial charge is 0.240 e. The van der Waals surface area contributed by atoms with Gasteiger partial charge in [-0.1, -0.05) is 18.1 Å². The second-order valence-electron chi connectivity index (χ2n) is 4.05. The normalized spacial score (nSPS) is 10.8. The van der Waals surface area contributed by atoms with Crippen molar-refractivity contribution < 1.29 is 9.26 Å². The van der Waals surface area contributed by atoms with E-state index in [1.807, 2.05) is 12.1 Å². The number of hydrogen-bond donors (Lipinski definition) is 1. The molecule has 0 spiro atoms. The van der Waals surface area contributed by atoms with Crippen LogP contribution in [0, 0.1) is 0 Å². The van der Waals surface area contributed by atoms with Crippen molar-refractivity contribution in [3.8, 4) is 11.5 Å². The lowest BCUT2D eigenvalue weighted by molar-refractivity contribution is 0.197. The van der Waals surface area contributed by atoms with Crippen molar-refractivity contribution in [2.45, 2.75) is 19.9 Å². The molecule has 0 saturated heterocycles. The van der Waals surface area contributed by atoms with Crippen molar-refractivity contribution in [2.24, 2.45) is 0 Å². The SMILES string of the molecule is CCc1cccnc1-c1noc(CNCCOC)n1. The zero-order chi connectivity index (χ0) is 13.5. The Hall–Kier alpha value is -1.79. The average Bonchev–Trinajstić information content (AvgIpc) is 2.92. The molecule has 0 bridgehead atoms. The van der Waals surface area contributed by atoms with Crippen LogP contribution >= 0.6 is 0 Å². The minimum absolute atomic E-state index is 0.532. The Morgan fingerprint density at radius 3 is 3.11 bits per heavy atom. The lowest BCUT2D eigenvalue weighted by Gasteiger charge is -2.00. The number of aromatic nitrogens is 3. The van der Waals surface area contributed by atoms with Crippen LogP contribution in [0.4, 0.5) is 0 Å². The van der Waals surface area contributed by atoms with Crippen molar-refractivity contribution in [3.63, 3.8) is 0 Å². The molecule has 0 radical (unpaired) electrons. The number of hydrogen-bond acceptors (Lipinski definition) is 6. The predicted molar refractivity (Wildman–Crippen MR) is 70.5 cm³/mol. The van der Waals surface area contributed by atoms with Crippen LogP contribution in [0.1, 0.15) is 18.4 Å². The fourth-order valence-corrected chi connectivity index (χ4v) is 1.72. The Morgan fingerprint density at radius 2 is 2.32 bits per heavy atom. The molecule has 6 nitrogen and oxygen atoms in total. The van der Waals surface area contributed by atoms with Gasteiger partial charge in [0.05, 0.1) is 13.2 Å². The van der Waals surface area contributed by atoms with Gasteiger partial charge in [-0.25, -0.2) is 0 Å². The van der Waals surface area contributed by atoms with Crippen molar-refractivity contribution in [1.29, 1.82) is 0 Å². The zero-order valence-corrected chi connectivity index (χ0v) is 11.2. The van der Waals surface area contributed by atoms with E-state index in [0.29, 0.717) is 24.9 Å². The number of ether oxygens (including phenoxy) is 1. The highest BCUT2D eigenvalue weighted by molar-refractivity contribution is 5.53. The van der Waals surface area contributed by atoms with Crippen LogP contribution in [0.3, 0.4) is 0 Å². The van der Waals surface area contributed by atoms with Gasteiger partial charge in [-0.3, -0.25) is 4.98 Å². The van der Waals surface area contributed by atoms with E-state index in [1.165, 1.54) is 0 Å². The molecule has 2 aromatic rings. The summed E-state index contributed by atoms with van der Waals surface area (Å²) in [5.74, 6) is 1.10. The first-order valence-electron chi connectivity index (χ1n) is 6.31. The number of aryl methyl sites for hydroxylation is 1. The van der Waals surface area contributed by atoms with E-state index in [0.717, 1.165) is 24.2 Å². The number of methoxy groups -OCH3 is 1. The monoisotopic (exact) mass is 262 g/mol. The van der Waals surface area contributed by atoms with Crippen LogP contribution < -0.4 is 5.32 Å². The van der Waals surface area contributed by atoms with Crippen LogP contribution in [-0.2, 0) is 17.7 Å². The number of nitrogens with one attached hydrogen (secondary N) is 1. The first-order chi connectivity index (χ1) is 9.35. The number of pyridine rings is 1. The standard InChI is InChI=1S/C13H18N4O2/c1-3-10-5-4-6-15-12(10)13-16-11(19-17-13)9-14-7-8-18-2/h4-6,14H,3,7-9H2,1-2H3. The van der Waals surface area contributed by atoms with Gasteiger partial charge in [0.1, 0.15) is 5.69 Å². The second kappa shape index (κ2) is 6.96. The summed E-state index contributed by atoms with van der Waals surface area (Å²) in [5.41, 5.74) is 1.90. The maximum atomic E-state index is 5.19. The summed E-state index contributed by atoms with van der Waals surface area (Å²) in [7, 11) is 1.67. The predicted octanol–water partition coefficient (Wildman–Crippen LogP) is 1.43. The molecule has 0 aliphatic heterocycles. The molecule has 19 heavy (non-hydrogen) atoms.